The van der Waals surface area contributed by atoms with Crippen LogP contribution in [0.15, 0.2) is 40.8 Å². The average molecular weight is 390 g/mol. The number of anilines is 1. The molecule has 4 nitrogen and oxygen atoms in total. The maximum Gasteiger partial charge on any atom is 0.258 e. The van der Waals surface area contributed by atoms with Gasteiger partial charge in [-0.2, -0.15) is 0 Å². The van der Waals surface area contributed by atoms with Gasteiger partial charge in [0.25, 0.3) is 5.91 Å². The summed E-state index contributed by atoms with van der Waals surface area (Å²) in [5, 5.41) is 3.99. The molecule has 0 unspecified atom stereocenters. The second kappa shape index (κ2) is 7.52. The van der Waals surface area contributed by atoms with E-state index in [1.807, 2.05) is 13.0 Å². The number of amides is 1. The Morgan fingerprint density at radius 3 is 2.35 bits per heavy atom. The van der Waals surface area contributed by atoms with E-state index >= 15 is 0 Å². The molecule has 1 heterocycles. The summed E-state index contributed by atoms with van der Waals surface area (Å²) in [7, 11) is 0. The highest BCUT2D eigenvalue weighted by Crippen LogP contribution is 2.33. The van der Waals surface area contributed by atoms with E-state index in [1.54, 1.807) is 37.3 Å². The Morgan fingerprint density at radius 1 is 1.04 bits per heavy atom. The molecule has 0 saturated carbocycles. The highest BCUT2D eigenvalue weighted by molar-refractivity contribution is 6.40. The fraction of sp³-hybridized carbons (Fsp3) is 0.200. The van der Waals surface area contributed by atoms with E-state index in [0.29, 0.717) is 34.4 Å². The molecular weight excluding hydrogens is 373 g/mol. The molecule has 1 N–H and O–H groups in total. The largest absolute Gasteiger partial charge is 0.458 e. The Bertz CT molecular complexity index is 987. The first kappa shape index (κ1) is 18.5. The smallest absolute Gasteiger partial charge is 0.258 e. The van der Waals surface area contributed by atoms with Crippen molar-refractivity contribution in [3.8, 4) is 0 Å². The normalized spacial score (nSPS) is 10.9. The number of para-hydroxylation sites is 1. The van der Waals surface area contributed by atoms with Crippen molar-refractivity contribution in [2.75, 3.05) is 5.32 Å². The molecule has 26 heavy (non-hydrogen) atoms. The molecule has 0 aliphatic carbocycles. The van der Waals surface area contributed by atoms with Gasteiger partial charge in [-0.3, -0.25) is 9.59 Å². The van der Waals surface area contributed by atoms with E-state index in [4.69, 9.17) is 27.6 Å². The number of carbonyl (C=O) groups is 2. The number of hydrogen-bond donors (Lipinski definition) is 1. The van der Waals surface area contributed by atoms with E-state index in [-0.39, 0.29) is 21.4 Å². The number of Topliss-reactive ketones (excluding diaryl/α,β-unsaturated/α-hetero) is 1. The van der Waals surface area contributed by atoms with Gasteiger partial charge in [-0.05, 0) is 31.5 Å². The molecule has 0 aliphatic heterocycles. The van der Waals surface area contributed by atoms with Crippen molar-refractivity contribution in [2.45, 2.75) is 26.7 Å². The lowest BCUT2D eigenvalue weighted by Crippen LogP contribution is -2.13. The molecular formula is C20H17Cl2NO3. The Labute approximate surface area is 161 Å². The van der Waals surface area contributed by atoms with E-state index in [0.717, 1.165) is 6.42 Å². The van der Waals surface area contributed by atoms with E-state index < -0.39 is 5.91 Å². The lowest BCUT2D eigenvalue weighted by molar-refractivity contribution is 0.0980. The predicted octanol–water partition coefficient (Wildman–Crippen LogP) is 6.28. The summed E-state index contributed by atoms with van der Waals surface area (Å²) in [6.45, 7) is 3.70. The minimum Gasteiger partial charge on any atom is -0.458 e. The van der Waals surface area contributed by atoms with Crippen LogP contribution < -0.4 is 5.32 Å². The predicted molar refractivity (Wildman–Crippen MR) is 105 cm³/mol. The zero-order valence-corrected chi connectivity index (χ0v) is 15.9. The summed E-state index contributed by atoms with van der Waals surface area (Å²) >= 11 is 12.2. The third kappa shape index (κ3) is 3.35. The highest BCUT2D eigenvalue weighted by Gasteiger charge is 2.21. The Kier molecular flexibility index (Phi) is 5.35. The third-order valence-corrected chi connectivity index (χ3v) is 4.72. The van der Waals surface area contributed by atoms with Gasteiger partial charge in [0, 0.05) is 11.8 Å². The number of nitrogens with one attached hydrogen (secondary N) is 1. The maximum atomic E-state index is 12.6. The van der Waals surface area contributed by atoms with Crippen LogP contribution in [0.2, 0.25) is 10.0 Å². The molecule has 134 valence electrons. The van der Waals surface area contributed by atoms with Gasteiger partial charge >= 0.3 is 0 Å². The highest BCUT2D eigenvalue weighted by atomic mass is 35.5. The number of benzene rings is 2. The number of hydrogen-bond acceptors (Lipinski definition) is 3. The van der Waals surface area contributed by atoms with Gasteiger partial charge in [0.05, 0.1) is 26.9 Å². The summed E-state index contributed by atoms with van der Waals surface area (Å²) in [4.78, 5) is 25.0. The van der Waals surface area contributed by atoms with E-state index in [2.05, 4.69) is 5.32 Å². The summed E-state index contributed by atoms with van der Waals surface area (Å²) in [6, 6.07) is 10.2. The second-order valence-electron chi connectivity index (χ2n) is 5.94. The summed E-state index contributed by atoms with van der Waals surface area (Å²) < 4.78 is 5.79. The monoisotopic (exact) mass is 389 g/mol. The first-order chi connectivity index (χ1) is 12.4. The van der Waals surface area contributed by atoms with Crippen molar-refractivity contribution in [2.24, 2.45) is 0 Å². The first-order valence-electron chi connectivity index (χ1n) is 8.24. The summed E-state index contributed by atoms with van der Waals surface area (Å²) in [6.07, 6.45) is 1.20. The minimum absolute atomic E-state index is 0.0291. The number of carbonyl (C=O) groups excluding carboxylic acids is 2. The van der Waals surface area contributed by atoms with Crippen molar-refractivity contribution in [1.29, 1.82) is 0 Å². The molecule has 0 fully saturated rings. The maximum absolute atomic E-state index is 12.6. The molecule has 3 rings (SSSR count). The molecule has 3 aromatic rings. The van der Waals surface area contributed by atoms with E-state index in [9.17, 15) is 9.59 Å². The summed E-state index contributed by atoms with van der Waals surface area (Å²) in [5.41, 5.74) is 1.68. The van der Waals surface area contributed by atoms with Crippen molar-refractivity contribution in [1.82, 2.24) is 0 Å². The average Bonchev–Trinajstić information content (AvgIpc) is 2.92. The molecule has 0 spiro atoms. The van der Waals surface area contributed by atoms with Crippen LogP contribution in [0.3, 0.4) is 0 Å². The molecule has 6 heteroatoms. The van der Waals surface area contributed by atoms with Crippen LogP contribution in [0.25, 0.3) is 11.0 Å². The van der Waals surface area contributed by atoms with Crippen LogP contribution >= 0.6 is 23.2 Å². The Balaban J connectivity index is 2.03. The quantitative estimate of drug-likeness (QED) is 0.522. The van der Waals surface area contributed by atoms with Crippen molar-refractivity contribution in [3.05, 3.63) is 63.3 Å². The standard InChI is InChI=1S/C20H17Cl2NO3/c1-3-6-16(24)17-11(2)26-19-12(17)7-4-10-15(19)23-20(25)18-13(21)8-5-9-14(18)22/h4-5,7-10H,3,6H2,1-2H3,(H,23,25). The van der Waals surface area contributed by atoms with Crippen LogP contribution in [0.1, 0.15) is 46.2 Å². The number of rotatable bonds is 5. The van der Waals surface area contributed by atoms with Crippen LogP contribution in [0.5, 0.6) is 0 Å². The lowest BCUT2D eigenvalue weighted by Gasteiger charge is -2.09. The molecule has 0 aliphatic rings. The molecule has 1 aromatic heterocycles. The van der Waals surface area contributed by atoms with Gasteiger partial charge in [-0.1, -0.05) is 48.3 Å². The topological polar surface area (TPSA) is 59.3 Å². The third-order valence-electron chi connectivity index (χ3n) is 4.09. The van der Waals surface area contributed by atoms with Gasteiger partial charge < -0.3 is 9.73 Å². The van der Waals surface area contributed by atoms with Gasteiger partial charge in [-0.25, -0.2) is 0 Å². The van der Waals surface area contributed by atoms with Gasteiger partial charge in [0.1, 0.15) is 5.76 Å². The van der Waals surface area contributed by atoms with Crippen LogP contribution in [0.4, 0.5) is 5.69 Å². The fourth-order valence-electron chi connectivity index (χ4n) is 2.93. The number of aryl methyl sites for hydroxylation is 1. The van der Waals surface area contributed by atoms with E-state index in [1.165, 1.54) is 0 Å². The first-order valence-corrected chi connectivity index (χ1v) is 9.00. The van der Waals surface area contributed by atoms with Crippen LogP contribution in [0, 0.1) is 6.92 Å². The van der Waals surface area contributed by atoms with Crippen molar-refractivity contribution < 1.29 is 14.0 Å². The fourth-order valence-corrected chi connectivity index (χ4v) is 3.50. The van der Waals surface area contributed by atoms with Crippen LogP contribution in [-0.2, 0) is 0 Å². The number of fused-ring (bicyclic) bond motifs is 1. The second-order valence-corrected chi connectivity index (χ2v) is 6.75. The van der Waals surface area contributed by atoms with Crippen molar-refractivity contribution in [3.63, 3.8) is 0 Å². The number of furan rings is 1. The zero-order valence-electron chi connectivity index (χ0n) is 14.4. The minimum atomic E-state index is -0.441. The lowest BCUT2D eigenvalue weighted by atomic mass is 10.0. The van der Waals surface area contributed by atoms with Gasteiger partial charge in [0.15, 0.2) is 11.4 Å². The number of halogens is 2. The SMILES string of the molecule is CCCC(=O)c1c(C)oc2c(NC(=O)c3c(Cl)cccc3Cl)cccc12. The molecule has 0 saturated heterocycles. The molecule has 1 amide bonds. The van der Waals surface area contributed by atoms with Crippen molar-refractivity contribution >= 4 is 51.5 Å². The molecule has 2 aromatic carbocycles. The zero-order chi connectivity index (χ0) is 18.8. The summed E-state index contributed by atoms with van der Waals surface area (Å²) in [5.74, 6) is 0.126. The molecule has 0 bridgehead atoms. The van der Waals surface area contributed by atoms with Gasteiger partial charge in [0.2, 0.25) is 0 Å². The molecule has 0 radical (unpaired) electrons. The Hall–Kier alpha value is -2.30. The molecule has 0 atom stereocenters. The Morgan fingerprint density at radius 2 is 1.69 bits per heavy atom. The number of ketones is 1. The van der Waals surface area contributed by atoms with Crippen LogP contribution in [-0.4, -0.2) is 11.7 Å². The van der Waals surface area contributed by atoms with Gasteiger partial charge in [-0.15, -0.1) is 0 Å².